The predicted molar refractivity (Wildman–Crippen MR) is 92.5 cm³/mol. The first-order valence-corrected chi connectivity index (χ1v) is 8.29. The molecular weight excluding hydrogens is 292 g/mol. The smallest absolute Gasteiger partial charge is 0.337 e. The van der Waals surface area contributed by atoms with Crippen LogP contribution in [0.1, 0.15) is 42.3 Å². The Morgan fingerprint density at radius 3 is 2.09 bits per heavy atom. The summed E-state index contributed by atoms with van der Waals surface area (Å²) in [4.78, 5) is 12.6. The molecule has 0 aliphatic heterocycles. The molecule has 116 valence electrons. The highest BCUT2D eigenvalue weighted by molar-refractivity contribution is 7.98. The van der Waals surface area contributed by atoms with E-state index in [0.29, 0.717) is 5.56 Å². The molecule has 0 saturated carbocycles. The molecule has 0 atom stereocenters. The van der Waals surface area contributed by atoms with Crippen LogP contribution in [0, 0.1) is 0 Å². The summed E-state index contributed by atoms with van der Waals surface area (Å²) in [5, 5.41) is 0. The first kappa shape index (κ1) is 16.6. The minimum absolute atomic E-state index is 0.187. The number of carbonyl (C=O) groups excluding carboxylic acids is 1. The summed E-state index contributed by atoms with van der Waals surface area (Å²) in [7, 11) is 1.40. The highest BCUT2D eigenvalue weighted by atomic mass is 32.2. The number of methoxy groups -OCH3 is 1. The molecule has 0 heterocycles. The van der Waals surface area contributed by atoms with Crippen LogP contribution in [0.5, 0.6) is 0 Å². The lowest BCUT2D eigenvalue weighted by Crippen LogP contribution is -2.10. The summed E-state index contributed by atoms with van der Waals surface area (Å²) in [6.45, 7) is 6.66. The normalized spacial score (nSPS) is 11.3. The van der Waals surface area contributed by atoms with E-state index in [0.717, 1.165) is 5.75 Å². The van der Waals surface area contributed by atoms with E-state index in [1.54, 1.807) is 11.8 Å². The van der Waals surface area contributed by atoms with Crippen LogP contribution < -0.4 is 0 Å². The van der Waals surface area contributed by atoms with Crippen LogP contribution in [0.25, 0.3) is 0 Å². The molecule has 0 aromatic heterocycles. The fraction of sp³-hybridized carbons (Fsp3) is 0.316. The van der Waals surface area contributed by atoms with Crippen molar-refractivity contribution in [2.75, 3.05) is 7.11 Å². The predicted octanol–water partition coefficient (Wildman–Crippen LogP) is 5.06. The maximum atomic E-state index is 11.4. The Labute approximate surface area is 136 Å². The minimum atomic E-state index is -0.294. The van der Waals surface area contributed by atoms with Gasteiger partial charge in [0.15, 0.2) is 0 Å². The average Bonchev–Trinajstić information content (AvgIpc) is 2.52. The van der Waals surface area contributed by atoms with Crippen molar-refractivity contribution >= 4 is 17.7 Å². The number of thioether (sulfide) groups is 1. The summed E-state index contributed by atoms with van der Waals surface area (Å²) in [6, 6.07) is 16.3. The van der Waals surface area contributed by atoms with Gasteiger partial charge in [0.25, 0.3) is 0 Å². The standard InChI is InChI=1S/C19H22O2S/c1-19(2,3)16-9-11-17(12-10-16)22-13-14-5-7-15(8-6-14)18(20)21-4/h5-12H,13H2,1-4H3. The highest BCUT2D eigenvalue weighted by Gasteiger charge is 2.12. The minimum Gasteiger partial charge on any atom is -0.465 e. The molecule has 3 heteroatoms. The molecule has 0 radical (unpaired) electrons. The Bertz CT molecular complexity index is 622. The van der Waals surface area contributed by atoms with Gasteiger partial charge in [0, 0.05) is 10.6 Å². The molecule has 2 aromatic carbocycles. The van der Waals surface area contributed by atoms with Crippen molar-refractivity contribution in [2.45, 2.75) is 36.8 Å². The Balaban J connectivity index is 1.97. The van der Waals surface area contributed by atoms with E-state index < -0.39 is 0 Å². The second-order valence-electron chi connectivity index (χ2n) is 6.25. The van der Waals surface area contributed by atoms with Crippen LogP contribution in [0.3, 0.4) is 0 Å². The molecule has 0 N–H and O–H groups in total. The summed E-state index contributed by atoms with van der Waals surface area (Å²) in [5.41, 5.74) is 3.31. The van der Waals surface area contributed by atoms with Crippen LogP contribution in [0.15, 0.2) is 53.4 Å². The van der Waals surface area contributed by atoms with Gasteiger partial charge in [0.2, 0.25) is 0 Å². The van der Waals surface area contributed by atoms with Crippen molar-refractivity contribution in [1.29, 1.82) is 0 Å². The van der Waals surface area contributed by atoms with Crippen molar-refractivity contribution in [2.24, 2.45) is 0 Å². The maximum Gasteiger partial charge on any atom is 0.337 e. The molecular formula is C19H22O2S. The monoisotopic (exact) mass is 314 g/mol. The van der Waals surface area contributed by atoms with E-state index >= 15 is 0 Å². The van der Waals surface area contributed by atoms with Gasteiger partial charge in [-0.15, -0.1) is 11.8 Å². The number of esters is 1. The molecule has 0 aliphatic rings. The van der Waals surface area contributed by atoms with Crippen molar-refractivity contribution in [3.05, 3.63) is 65.2 Å². The molecule has 22 heavy (non-hydrogen) atoms. The lowest BCUT2D eigenvalue weighted by Gasteiger charge is -2.19. The van der Waals surface area contributed by atoms with Crippen LogP contribution >= 0.6 is 11.8 Å². The SMILES string of the molecule is COC(=O)c1ccc(CSc2ccc(C(C)(C)C)cc2)cc1. The van der Waals surface area contributed by atoms with Crippen molar-refractivity contribution in [3.63, 3.8) is 0 Å². The molecule has 2 rings (SSSR count). The van der Waals surface area contributed by atoms with Crippen LogP contribution in [-0.4, -0.2) is 13.1 Å². The van der Waals surface area contributed by atoms with Crippen molar-refractivity contribution in [3.8, 4) is 0 Å². The van der Waals surface area contributed by atoms with E-state index in [-0.39, 0.29) is 11.4 Å². The summed E-state index contributed by atoms with van der Waals surface area (Å²) >= 11 is 1.80. The second kappa shape index (κ2) is 7.01. The first-order chi connectivity index (χ1) is 10.4. The number of rotatable bonds is 4. The van der Waals surface area contributed by atoms with Gasteiger partial charge in [-0.25, -0.2) is 4.79 Å². The van der Waals surface area contributed by atoms with Gasteiger partial charge in [0.1, 0.15) is 0 Å². The third kappa shape index (κ3) is 4.38. The molecule has 0 amide bonds. The van der Waals surface area contributed by atoms with Crippen LogP contribution in [0.2, 0.25) is 0 Å². The number of ether oxygens (including phenoxy) is 1. The molecule has 2 nitrogen and oxygen atoms in total. The van der Waals surface area contributed by atoms with E-state index in [4.69, 9.17) is 4.74 Å². The first-order valence-electron chi connectivity index (χ1n) is 7.31. The van der Waals surface area contributed by atoms with Gasteiger partial charge < -0.3 is 4.74 Å². The molecule has 0 saturated heterocycles. The maximum absolute atomic E-state index is 11.4. The third-order valence-electron chi connectivity index (χ3n) is 3.50. The molecule has 0 spiro atoms. The van der Waals surface area contributed by atoms with E-state index in [9.17, 15) is 4.79 Å². The summed E-state index contributed by atoms with van der Waals surface area (Å²) < 4.78 is 4.70. The van der Waals surface area contributed by atoms with E-state index in [1.807, 2.05) is 24.3 Å². The van der Waals surface area contributed by atoms with Gasteiger partial charge >= 0.3 is 5.97 Å². The number of hydrogen-bond donors (Lipinski definition) is 0. The molecule has 0 bridgehead atoms. The highest BCUT2D eigenvalue weighted by Crippen LogP contribution is 2.27. The Kier molecular flexibility index (Phi) is 5.30. The van der Waals surface area contributed by atoms with Crippen molar-refractivity contribution in [1.82, 2.24) is 0 Å². The average molecular weight is 314 g/mol. The van der Waals surface area contributed by atoms with E-state index in [1.165, 1.54) is 23.1 Å². The Morgan fingerprint density at radius 2 is 1.59 bits per heavy atom. The third-order valence-corrected chi connectivity index (χ3v) is 4.58. The van der Waals surface area contributed by atoms with Gasteiger partial charge in [-0.2, -0.15) is 0 Å². The van der Waals surface area contributed by atoms with Crippen molar-refractivity contribution < 1.29 is 9.53 Å². The van der Waals surface area contributed by atoms with Gasteiger partial charge in [-0.1, -0.05) is 45.0 Å². The van der Waals surface area contributed by atoms with Gasteiger partial charge in [-0.3, -0.25) is 0 Å². The Hall–Kier alpha value is -1.74. The molecule has 0 unspecified atom stereocenters. The Morgan fingerprint density at radius 1 is 1.00 bits per heavy atom. The van der Waals surface area contributed by atoms with Gasteiger partial charge in [0.05, 0.1) is 12.7 Å². The fourth-order valence-corrected chi connectivity index (χ4v) is 2.93. The molecule has 0 aliphatic carbocycles. The van der Waals surface area contributed by atoms with Crippen LogP contribution in [-0.2, 0) is 15.9 Å². The van der Waals surface area contributed by atoms with Crippen LogP contribution in [0.4, 0.5) is 0 Å². The lowest BCUT2D eigenvalue weighted by molar-refractivity contribution is 0.0600. The summed E-state index contributed by atoms with van der Waals surface area (Å²) in [6.07, 6.45) is 0. The van der Waals surface area contributed by atoms with E-state index in [2.05, 4.69) is 45.0 Å². The molecule has 2 aromatic rings. The second-order valence-corrected chi connectivity index (χ2v) is 7.30. The van der Waals surface area contributed by atoms with Gasteiger partial charge in [-0.05, 0) is 40.8 Å². The largest absolute Gasteiger partial charge is 0.465 e. The number of benzene rings is 2. The topological polar surface area (TPSA) is 26.3 Å². The number of carbonyl (C=O) groups is 1. The zero-order chi connectivity index (χ0) is 16.2. The zero-order valence-electron chi connectivity index (χ0n) is 13.6. The summed E-state index contributed by atoms with van der Waals surface area (Å²) in [5.74, 6) is 0.591. The number of hydrogen-bond acceptors (Lipinski definition) is 3. The lowest BCUT2D eigenvalue weighted by atomic mass is 9.87. The zero-order valence-corrected chi connectivity index (χ0v) is 14.4. The fourth-order valence-electron chi connectivity index (χ4n) is 2.07. The molecule has 0 fully saturated rings. The quantitative estimate of drug-likeness (QED) is 0.582.